The summed E-state index contributed by atoms with van der Waals surface area (Å²) in [5.74, 6) is -0.748. The molecule has 132 valence electrons. The van der Waals surface area contributed by atoms with Crippen LogP contribution in [0.15, 0.2) is 83.8 Å². The lowest BCUT2D eigenvalue weighted by Gasteiger charge is -2.10. The Hall–Kier alpha value is -3.12. The number of carbonyl (C=O) groups excluding carboxylic acids is 1. The van der Waals surface area contributed by atoms with Crippen molar-refractivity contribution < 1.29 is 22.1 Å². The Morgan fingerprint density at radius 3 is 2.00 bits per heavy atom. The Kier molecular flexibility index (Phi) is 5.04. The minimum absolute atomic E-state index is 0.00292. The van der Waals surface area contributed by atoms with Gasteiger partial charge in [0, 0.05) is 0 Å². The number of hydrogen-bond acceptors (Lipinski definition) is 5. The maximum absolute atomic E-state index is 12.5. The number of carbonyl (C=O) groups is 1. The van der Waals surface area contributed by atoms with Crippen molar-refractivity contribution in [2.45, 2.75) is 4.90 Å². The Morgan fingerprint density at radius 2 is 1.35 bits per heavy atom. The second-order valence-electron chi connectivity index (χ2n) is 5.42. The van der Waals surface area contributed by atoms with Crippen LogP contribution in [0.1, 0.15) is 10.4 Å². The average Bonchev–Trinajstić information content (AvgIpc) is 2.68. The highest BCUT2D eigenvalue weighted by molar-refractivity contribution is 7.87. The van der Waals surface area contributed by atoms with Gasteiger partial charge in [0.1, 0.15) is 10.5 Å². The van der Waals surface area contributed by atoms with E-state index in [1.807, 2.05) is 30.3 Å². The van der Waals surface area contributed by atoms with Crippen LogP contribution >= 0.6 is 0 Å². The summed E-state index contributed by atoms with van der Waals surface area (Å²) in [5.41, 5.74) is 1.91. The van der Waals surface area contributed by atoms with Crippen LogP contribution in [0.3, 0.4) is 0 Å². The molecule has 3 aromatic carbocycles. The topological polar surface area (TPSA) is 69.7 Å². The molecule has 5 nitrogen and oxygen atoms in total. The van der Waals surface area contributed by atoms with E-state index in [9.17, 15) is 13.2 Å². The third kappa shape index (κ3) is 3.75. The van der Waals surface area contributed by atoms with E-state index in [-0.39, 0.29) is 16.2 Å². The van der Waals surface area contributed by atoms with Gasteiger partial charge in [-0.3, -0.25) is 0 Å². The molecule has 0 unspecified atom stereocenters. The van der Waals surface area contributed by atoms with Crippen LogP contribution in [0.4, 0.5) is 0 Å². The number of benzene rings is 3. The van der Waals surface area contributed by atoms with Gasteiger partial charge in [-0.1, -0.05) is 54.6 Å². The first kappa shape index (κ1) is 17.7. The molecular weight excluding hydrogens is 352 g/mol. The Bertz CT molecular complexity index is 1010. The summed E-state index contributed by atoms with van der Waals surface area (Å²) < 4.78 is 34.9. The lowest BCUT2D eigenvalue weighted by Crippen LogP contribution is -2.13. The Morgan fingerprint density at radius 1 is 0.769 bits per heavy atom. The molecule has 0 aliphatic heterocycles. The van der Waals surface area contributed by atoms with Gasteiger partial charge >= 0.3 is 16.1 Å². The largest absolute Gasteiger partial charge is 0.465 e. The molecule has 0 N–H and O–H groups in total. The summed E-state index contributed by atoms with van der Waals surface area (Å²) >= 11 is 0. The molecule has 6 heteroatoms. The van der Waals surface area contributed by atoms with Crippen LogP contribution in [0.5, 0.6) is 5.75 Å². The predicted octanol–water partition coefficient (Wildman–Crippen LogP) is 3.91. The monoisotopic (exact) mass is 368 g/mol. The average molecular weight is 368 g/mol. The minimum atomic E-state index is -4.08. The highest BCUT2D eigenvalue weighted by Gasteiger charge is 2.21. The van der Waals surface area contributed by atoms with Gasteiger partial charge in [0.25, 0.3) is 0 Å². The molecule has 0 spiro atoms. The van der Waals surface area contributed by atoms with E-state index in [4.69, 9.17) is 4.18 Å². The van der Waals surface area contributed by atoms with Gasteiger partial charge in [-0.25, -0.2) is 4.79 Å². The van der Waals surface area contributed by atoms with Crippen molar-refractivity contribution in [1.29, 1.82) is 0 Å². The van der Waals surface area contributed by atoms with Crippen molar-refractivity contribution in [3.8, 4) is 16.9 Å². The molecule has 0 aliphatic rings. The lowest BCUT2D eigenvalue weighted by molar-refractivity contribution is 0.0599. The summed E-state index contributed by atoms with van der Waals surface area (Å²) in [6.07, 6.45) is 0. The van der Waals surface area contributed by atoms with Gasteiger partial charge in [-0.15, -0.1) is 0 Å². The van der Waals surface area contributed by atoms with E-state index >= 15 is 0 Å². The number of para-hydroxylation sites is 1. The first-order valence-electron chi connectivity index (χ1n) is 7.78. The molecule has 0 saturated carbocycles. The van der Waals surface area contributed by atoms with Crippen LogP contribution in [0.2, 0.25) is 0 Å². The molecule has 0 heterocycles. The first-order chi connectivity index (χ1) is 12.5. The fraction of sp³-hybridized carbons (Fsp3) is 0.0500. The summed E-state index contributed by atoms with van der Waals surface area (Å²) in [7, 11) is -2.87. The fourth-order valence-electron chi connectivity index (χ4n) is 2.43. The molecular formula is C20H16O5S. The zero-order valence-electron chi connectivity index (χ0n) is 14.0. The molecule has 3 rings (SSSR count). The van der Waals surface area contributed by atoms with Gasteiger partial charge in [0.2, 0.25) is 0 Å². The number of rotatable bonds is 5. The van der Waals surface area contributed by atoms with Gasteiger partial charge in [-0.2, -0.15) is 8.42 Å². The number of esters is 1. The van der Waals surface area contributed by atoms with Gasteiger partial charge < -0.3 is 8.92 Å². The summed E-state index contributed by atoms with van der Waals surface area (Å²) in [6.45, 7) is 0. The smallest absolute Gasteiger partial charge is 0.341 e. The molecule has 0 saturated heterocycles. The van der Waals surface area contributed by atoms with Gasteiger partial charge in [-0.05, 0) is 35.4 Å². The van der Waals surface area contributed by atoms with Crippen LogP contribution < -0.4 is 4.18 Å². The van der Waals surface area contributed by atoms with Crippen LogP contribution in [-0.2, 0) is 14.9 Å². The van der Waals surface area contributed by atoms with Crippen molar-refractivity contribution in [3.05, 3.63) is 84.4 Å². The highest BCUT2D eigenvalue weighted by atomic mass is 32.2. The van der Waals surface area contributed by atoms with E-state index in [2.05, 4.69) is 4.74 Å². The molecule has 0 radical (unpaired) electrons. The van der Waals surface area contributed by atoms with E-state index in [0.717, 1.165) is 11.1 Å². The second-order valence-corrected chi connectivity index (χ2v) is 6.96. The molecule has 0 bridgehead atoms. The number of hydrogen-bond donors (Lipinski definition) is 0. The van der Waals surface area contributed by atoms with E-state index < -0.39 is 16.1 Å². The third-order valence-corrected chi connectivity index (χ3v) is 4.99. The fourth-order valence-corrected chi connectivity index (χ4v) is 3.38. The van der Waals surface area contributed by atoms with Crippen molar-refractivity contribution in [2.75, 3.05) is 7.11 Å². The molecule has 0 amide bonds. The van der Waals surface area contributed by atoms with Crippen molar-refractivity contribution in [1.82, 2.24) is 0 Å². The van der Waals surface area contributed by atoms with Gasteiger partial charge in [0.05, 0.1) is 7.11 Å². The molecule has 0 aromatic heterocycles. The predicted molar refractivity (Wildman–Crippen MR) is 97.5 cm³/mol. The lowest BCUT2D eigenvalue weighted by atomic mass is 10.1. The van der Waals surface area contributed by atoms with Crippen LogP contribution in [-0.4, -0.2) is 21.5 Å². The van der Waals surface area contributed by atoms with E-state index in [0.29, 0.717) is 0 Å². The first-order valence-corrected chi connectivity index (χ1v) is 9.19. The normalized spacial score (nSPS) is 11.0. The summed E-state index contributed by atoms with van der Waals surface area (Å²) in [5, 5.41) is 0. The molecule has 0 fully saturated rings. The Balaban J connectivity index is 1.89. The van der Waals surface area contributed by atoms with Crippen LogP contribution in [0.25, 0.3) is 11.1 Å². The van der Waals surface area contributed by atoms with Crippen LogP contribution in [0, 0.1) is 0 Å². The highest BCUT2D eigenvalue weighted by Crippen LogP contribution is 2.25. The molecule has 26 heavy (non-hydrogen) atoms. The molecule has 3 aromatic rings. The van der Waals surface area contributed by atoms with E-state index in [1.54, 1.807) is 24.3 Å². The summed E-state index contributed by atoms with van der Waals surface area (Å²) in [4.78, 5) is 11.8. The van der Waals surface area contributed by atoms with Crippen molar-refractivity contribution >= 4 is 16.1 Å². The van der Waals surface area contributed by atoms with E-state index in [1.165, 1.54) is 31.4 Å². The molecule has 0 atom stereocenters. The summed E-state index contributed by atoms with van der Waals surface area (Å²) in [6, 6.07) is 22.0. The number of methoxy groups -OCH3 is 1. The SMILES string of the molecule is COC(=O)c1ccccc1OS(=O)(=O)c1ccc(-c2ccccc2)cc1. The zero-order chi connectivity index (χ0) is 18.6. The quantitative estimate of drug-likeness (QED) is 0.504. The number of ether oxygens (including phenoxy) is 1. The second kappa shape index (κ2) is 7.41. The third-order valence-electron chi connectivity index (χ3n) is 3.74. The van der Waals surface area contributed by atoms with Gasteiger partial charge in [0.15, 0.2) is 5.75 Å². The Labute approximate surface area is 151 Å². The minimum Gasteiger partial charge on any atom is -0.465 e. The van der Waals surface area contributed by atoms with Crippen molar-refractivity contribution in [2.24, 2.45) is 0 Å². The maximum atomic E-state index is 12.5. The van der Waals surface area contributed by atoms with Crippen molar-refractivity contribution in [3.63, 3.8) is 0 Å². The molecule has 0 aliphatic carbocycles. The zero-order valence-corrected chi connectivity index (χ0v) is 14.8. The standard InChI is InChI=1S/C20H16O5S/c1-24-20(21)18-9-5-6-10-19(18)25-26(22,23)17-13-11-16(12-14-17)15-7-3-2-4-8-15/h2-14H,1H3. The maximum Gasteiger partial charge on any atom is 0.341 e.